The van der Waals surface area contributed by atoms with Crippen molar-refractivity contribution < 1.29 is 9.47 Å². The Kier molecular flexibility index (Phi) is 5.72. The monoisotopic (exact) mass is 394 g/mol. The van der Waals surface area contributed by atoms with Gasteiger partial charge in [-0.2, -0.15) is 0 Å². The van der Waals surface area contributed by atoms with Crippen molar-refractivity contribution in [2.45, 2.75) is 13.0 Å². The van der Waals surface area contributed by atoms with Crippen LogP contribution in [-0.2, 0) is 13.0 Å². The largest absolute Gasteiger partial charge is 0.454 e. The zero-order valence-electron chi connectivity index (χ0n) is 15.6. The van der Waals surface area contributed by atoms with Crippen LogP contribution in [0.15, 0.2) is 58.9 Å². The molecule has 0 spiro atoms. The number of hydrogen-bond acceptors (Lipinski definition) is 5. The highest BCUT2D eigenvalue weighted by molar-refractivity contribution is 7.09. The summed E-state index contributed by atoms with van der Waals surface area (Å²) in [6, 6.07) is 16.3. The number of ether oxygens (including phenoxy) is 2. The Morgan fingerprint density at radius 1 is 1.11 bits per heavy atom. The van der Waals surface area contributed by atoms with Crippen LogP contribution in [0.2, 0.25) is 0 Å². The highest BCUT2D eigenvalue weighted by atomic mass is 32.1. The van der Waals surface area contributed by atoms with E-state index in [4.69, 9.17) is 14.5 Å². The third kappa shape index (κ3) is 4.43. The molecule has 0 unspecified atom stereocenters. The number of nitrogens with one attached hydrogen (secondary N) is 2. The van der Waals surface area contributed by atoms with Crippen molar-refractivity contribution in [3.8, 4) is 22.8 Å². The predicted molar refractivity (Wildman–Crippen MR) is 112 cm³/mol. The summed E-state index contributed by atoms with van der Waals surface area (Å²) >= 11 is 1.65. The van der Waals surface area contributed by atoms with Gasteiger partial charge in [0.1, 0.15) is 5.01 Å². The summed E-state index contributed by atoms with van der Waals surface area (Å²) in [6.07, 6.45) is 0.868. The van der Waals surface area contributed by atoms with E-state index >= 15 is 0 Å². The van der Waals surface area contributed by atoms with Crippen LogP contribution < -0.4 is 20.1 Å². The van der Waals surface area contributed by atoms with E-state index in [0.29, 0.717) is 13.3 Å². The molecule has 0 atom stereocenters. The Morgan fingerprint density at radius 3 is 2.82 bits per heavy atom. The minimum Gasteiger partial charge on any atom is -0.454 e. The second kappa shape index (κ2) is 8.75. The van der Waals surface area contributed by atoms with Gasteiger partial charge >= 0.3 is 0 Å². The van der Waals surface area contributed by atoms with Crippen LogP contribution in [-0.4, -0.2) is 31.3 Å². The molecule has 144 valence electrons. The number of guanidine groups is 1. The van der Waals surface area contributed by atoms with Crippen LogP contribution in [0, 0.1) is 0 Å². The number of rotatable bonds is 6. The Labute approximate surface area is 168 Å². The zero-order valence-corrected chi connectivity index (χ0v) is 16.5. The van der Waals surface area contributed by atoms with Crippen molar-refractivity contribution >= 4 is 17.3 Å². The Balaban J connectivity index is 1.26. The molecular weight excluding hydrogens is 372 g/mol. The number of hydrogen-bond donors (Lipinski definition) is 2. The molecule has 2 heterocycles. The number of benzene rings is 2. The molecule has 0 amide bonds. The number of aromatic nitrogens is 1. The Hall–Kier alpha value is -3.06. The van der Waals surface area contributed by atoms with E-state index in [1.54, 1.807) is 18.4 Å². The fourth-order valence-corrected chi connectivity index (χ4v) is 3.68. The lowest BCUT2D eigenvalue weighted by Gasteiger charge is -2.11. The average molecular weight is 395 g/mol. The van der Waals surface area contributed by atoms with E-state index in [1.807, 2.05) is 30.3 Å². The molecule has 2 N–H and O–H groups in total. The molecule has 28 heavy (non-hydrogen) atoms. The maximum absolute atomic E-state index is 5.42. The molecule has 1 aliphatic heterocycles. The summed E-state index contributed by atoms with van der Waals surface area (Å²) in [5.41, 5.74) is 3.34. The fraction of sp³-hybridized carbons (Fsp3) is 0.238. The smallest absolute Gasteiger partial charge is 0.231 e. The van der Waals surface area contributed by atoms with Crippen molar-refractivity contribution in [1.29, 1.82) is 0 Å². The molecule has 6 nitrogen and oxygen atoms in total. The van der Waals surface area contributed by atoms with Gasteiger partial charge in [0, 0.05) is 24.5 Å². The van der Waals surface area contributed by atoms with Gasteiger partial charge in [-0.15, -0.1) is 11.3 Å². The normalized spacial score (nSPS) is 12.8. The lowest BCUT2D eigenvalue weighted by molar-refractivity contribution is 0.174. The third-order valence-electron chi connectivity index (χ3n) is 4.40. The van der Waals surface area contributed by atoms with Gasteiger partial charge in [0.2, 0.25) is 6.79 Å². The topological polar surface area (TPSA) is 67.8 Å². The molecule has 0 radical (unpaired) electrons. The van der Waals surface area contributed by atoms with Crippen molar-refractivity contribution in [2.75, 3.05) is 20.4 Å². The van der Waals surface area contributed by atoms with E-state index in [9.17, 15) is 0 Å². The van der Waals surface area contributed by atoms with E-state index in [2.05, 4.69) is 39.2 Å². The number of aliphatic imine (C=N–C) groups is 1. The summed E-state index contributed by atoms with van der Waals surface area (Å²) in [5.74, 6) is 2.39. The first-order valence-corrected chi connectivity index (χ1v) is 10.0. The fourth-order valence-electron chi connectivity index (χ4n) is 2.94. The van der Waals surface area contributed by atoms with Gasteiger partial charge in [-0.3, -0.25) is 4.99 Å². The van der Waals surface area contributed by atoms with E-state index in [1.165, 1.54) is 5.56 Å². The lowest BCUT2D eigenvalue weighted by atomic mass is 10.1. The lowest BCUT2D eigenvalue weighted by Crippen LogP contribution is -2.37. The molecule has 0 bridgehead atoms. The van der Waals surface area contributed by atoms with Crippen LogP contribution in [0.5, 0.6) is 11.5 Å². The van der Waals surface area contributed by atoms with Gasteiger partial charge in [-0.1, -0.05) is 36.4 Å². The van der Waals surface area contributed by atoms with Gasteiger partial charge in [0.05, 0.1) is 12.2 Å². The van der Waals surface area contributed by atoms with E-state index < -0.39 is 0 Å². The summed E-state index contributed by atoms with van der Waals surface area (Å²) in [6.45, 7) is 1.71. The number of fused-ring (bicyclic) bond motifs is 1. The van der Waals surface area contributed by atoms with Gasteiger partial charge < -0.3 is 20.1 Å². The first-order valence-electron chi connectivity index (χ1n) is 9.15. The Bertz CT molecular complexity index is 956. The van der Waals surface area contributed by atoms with Crippen LogP contribution in [0.1, 0.15) is 10.6 Å². The van der Waals surface area contributed by atoms with Gasteiger partial charge in [0.25, 0.3) is 0 Å². The van der Waals surface area contributed by atoms with Crippen molar-refractivity contribution in [3.05, 3.63) is 64.5 Å². The van der Waals surface area contributed by atoms with Crippen LogP contribution in [0.3, 0.4) is 0 Å². The number of thiazole rings is 1. The standard InChI is InChI=1S/C21H22N4O2S/c1-22-21(23-10-9-15-7-8-18-19(11-15)27-14-26-18)24-12-20-25-17(13-28-20)16-5-3-2-4-6-16/h2-8,11,13H,9-10,12,14H2,1H3,(H2,22,23,24). The summed E-state index contributed by atoms with van der Waals surface area (Å²) in [5, 5.41) is 9.77. The zero-order chi connectivity index (χ0) is 19.2. The van der Waals surface area contributed by atoms with Crippen LogP contribution in [0.4, 0.5) is 0 Å². The highest BCUT2D eigenvalue weighted by Gasteiger charge is 2.13. The molecule has 1 aliphatic rings. The molecule has 1 aromatic heterocycles. The predicted octanol–water partition coefficient (Wildman–Crippen LogP) is 3.45. The summed E-state index contributed by atoms with van der Waals surface area (Å²) in [4.78, 5) is 8.98. The second-order valence-electron chi connectivity index (χ2n) is 6.28. The quantitative estimate of drug-likeness (QED) is 0.495. The maximum Gasteiger partial charge on any atom is 0.231 e. The molecule has 7 heteroatoms. The molecule has 0 fully saturated rings. The third-order valence-corrected chi connectivity index (χ3v) is 5.24. The molecule has 2 aromatic carbocycles. The van der Waals surface area contributed by atoms with E-state index in [0.717, 1.165) is 46.7 Å². The minimum absolute atomic E-state index is 0.302. The van der Waals surface area contributed by atoms with Gasteiger partial charge in [-0.25, -0.2) is 4.98 Å². The molecular formula is C21H22N4O2S. The van der Waals surface area contributed by atoms with Crippen molar-refractivity contribution in [3.63, 3.8) is 0 Å². The number of nitrogens with zero attached hydrogens (tertiary/aromatic N) is 2. The van der Waals surface area contributed by atoms with Gasteiger partial charge in [0.15, 0.2) is 17.5 Å². The van der Waals surface area contributed by atoms with Crippen molar-refractivity contribution in [2.24, 2.45) is 4.99 Å². The van der Waals surface area contributed by atoms with Crippen LogP contribution in [0.25, 0.3) is 11.3 Å². The highest BCUT2D eigenvalue weighted by Crippen LogP contribution is 2.32. The SMILES string of the molecule is CN=C(NCCc1ccc2c(c1)OCO2)NCc1nc(-c2ccccc2)cs1. The van der Waals surface area contributed by atoms with E-state index in [-0.39, 0.29) is 0 Å². The molecule has 0 aliphatic carbocycles. The summed E-state index contributed by atoms with van der Waals surface area (Å²) < 4.78 is 10.8. The first-order chi connectivity index (χ1) is 13.8. The maximum atomic E-state index is 5.42. The first kappa shape index (κ1) is 18.3. The molecule has 3 aromatic rings. The average Bonchev–Trinajstić information content (AvgIpc) is 3.40. The second-order valence-corrected chi connectivity index (χ2v) is 7.23. The minimum atomic E-state index is 0.302. The molecule has 0 saturated heterocycles. The molecule has 0 saturated carbocycles. The molecule has 4 rings (SSSR count). The van der Waals surface area contributed by atoms with Crippen molar-refractivity contribution in [1.82, 2.24) is 15.6 Å². The Morgan fingerprint density at radius 2 is 1.96 bits per heavy atom. The van der Waals surface area contributed by atoms with Crippen LogP contribution >= 0.6 is 11.3 Å². The summed E-state index contributed by atoms with van der Waals surface area (Å²) in [7, 11) is 1.77. The van der Waals surface area contributed by atoms with Gasteiger partial charge in [-0.05, 0) is 24.1 Å².